The minimum Gasteiger partial charge on any atom is -0.299 e. The molecule has 0 saturated heterocycles. The van der Waals surface area contributed by atoms with Crippen molar-refractivity contribution in [3.05, 3.63) is 70.5 Å². The molecular weight excluding hydrogens is 459 g/mol. The van der Waals surface area contributed by atoms with E-state index in [0.29, 0.717) is 11.1 Å². The van der Waals surface area contributed by atoms with Crippen molar-refractivity contribution in [3.8, 4) is 0 Å². The maximum atomic E-state index is 13.0. The number of nitrogens with zero attached hydrogens (tertiary/aromatic N) is 5. The molecule has 0 fully saturated rings. The Labute approximate surface area is 187 Å². The number of thiazole rings is 1. The molecule has 4 aromatic rings. The van der Waals surface area contributed by atoms with Crippen LogP contribution in [0.2, 0.25) is 0 Å². The minimum atomic E-state index is -4.63. The molecule has 166 valence electrons. The third kappa shape index (κ3) is 3.78. The normalized spacial score (nSPS) is 13.7. The van der Waals surface area contributed by atoms with Crippen LogP contribution in [0.25, 0.3) is 10.2 Å². The summed E-state index contributed by atoms with van der Waals surface area (Å²) in [6, 6.07) is 9.91. The zero-order chi connectivity index (χ0) is 23.3. The number of benzene rings is 2. The van der Waals surface area contributed by atoms with Gasteiger partial charge in [0.2, 0.25) is 5.78 Å². The Hall–Kier alpha value is -3.93. The number of halogens is 3. The van der Waals surface area contributed by atoms with E-state index in [1.807, 2.05) is 18.2 Å². The van der Waals surface area contributed by atoms with Gasteiger partial charge in [0.1, 0.15) is 12.2 Å². The number of Topliss-reactive ketones (excluding diaryl/α,β-unsaturated/α-hetero) is 2. The van der Waals surface area contributed by atoms with Gasteiger partial charge in [-0.05, 0) is 30.3 Å². The molecule has 33 heavy (non-hydrogen) atoms. The van der Waals surface area contributed by atoms with Gasteiger partial charge >= 0.3 is 6.18 Å². The highest BCUT2D eigenvalue weighted by atomic mass is 32.1. The molecule has 0 N–H and O–H groups in total. The molecule has 1 amide bonds. The molecule has 0 bridgehead atoms. The summed E-state index contributed by atoms with van der Waals surface area (Å²) in [5.41, 5.74) is -0.273. The van der Waals surface area contributed by atoms with Gasteiger partial charge in [-0.25, -0.2) is 9.67 Å². The number of hydrogen-bond donors (Lipinski definition) is 0. The van der Waals surface area contributed by atoms with Crippen molar-refractivity contribution in [2.75, 3.05) is 4.90 Å². The smallest absolute Gasteiger partial charge is 0.299 e. The fourth-order valence-corrected chi connectivity index (χ4v) is 4.39. The summed E-state index contributed by atoms with van der Waals surface area (Å²) in [7, 11) is 0. The van der Waals surface area contributed by atoms with Crippen molar-refractivity contribution in [2.24, 2.45) is 0 Å². The van der Waals surface area contributed by atoms with E-state index in [1.54, 1.807) is 6.07 Å². The fraction of sp³-hybridized carbons (Fsp3) is 0.143. The topological polar surface area (TPSA) is 98.1 Å². The lowest BCUT2D eigenvalue weighted by Gasteiger charge is -2.15. The Morgan fingerprint density at radius 1 is 1.09 bits per heavy atom. The van der Waals surface area contributed by atoms with Gasteiger partial charge in [0.05, 0.1) is 39.8 Å². The molecule has 0 radical (unpaired) electrons. The van der Waals surface area contributed by atoms with Crippen LogP contribution in [0, 0.1) is 0 Å². The van der Waals surface area contributed by atoms with Crippen molar-refractivity contribution in [3.63, 3.8) is 0 Å². The SMILES string of the molecule is O=C(Cn1cc(CN2C(=O)C(=O)c3cc(C(F)(F)F)ccc32)nn1)c1nc2ccccc2s1. The lowest BCUT2D eigenvalue weighted by molar-refractivity contribution is -0.137. The zero-order valence-electron chi connectivity index (χ0n) is 16.5. The highest BCUT2D eigenvalue weighted by Crippen LogP contribution is 2.36. The number of anilines is 1. The van der Waals surface area contributed by atoms with Crippen molar-refractivity contribution in [1.82, 2.24) is 20.0 Å². The Morgan fingerprint density at radius 3 is 2.64 bits per heavy atom. The summed E-state index contributed by atoms with van der Waals surface area (Å²) < 4.78 is 41.0. The quantitative estimate of drug-likeness (QED) is 0.326. The molecule has 0 spiro atoms. The number of alkyl halides is 3. The number of carbonyl (C=O) groups excluding carboxylic acids is 3. The Balaban J connectivity index is 1.33. The van der Waals surface area contributed by atoms with E-state index >= 15 is 0 Å². The van der Waals surface area contributed by atoms with E-state index < -0.39 is 23.4 Å². The lowest BCUT2D eigenvalue weighted by atomic mass is 10.1. The number of para-hydroxylation sites is 1. The van der Waals surface area contributed by atoms with Crippen molar-refractivity contribution >= 4 is 44.7 Å². The van der Waals surface area contributed by atoms with E-state index in [9.17, 15) is 27.6 Å². The molecular formula is C21H12F3N5O3S. The molecule has 8 nitrogen and oxygen atoms in total. The lowest BCUT2D eigenvalue weighted by Crippen LogP contribution is -2.29. The van der Waals surface area contributed by atoms with E-state index in [2.05, 4.69) is 15.3 Å². The second kappa shape index (κ2) is 7.59. The van der Waals surface area contributed by atoms with Gasteiger partial charge in [-0.2, -0.15) is 13.2 Å². The Kier molecular flexibility index (Phi) is 4.81. The third-order valence-corrected chi connectivity index (χ3v) is 6.12. The van der Waals surface area contributed by atoms with E-state index in [-0.39, 0.29) is 35.8 Å². The third-order valence-electron chi connectivity index (χ3n) is 5.04. The summed E-state index contributed by atoms with van der Waals surface area (Å²) in [4.78, 5) is 42.5. The molecule has 0 unspecified atom stereocenters. The summed E-state index contributed by atoms with van der Waals surface area (Å²) in [6.07, 6.45) is -3.20. The number of ketones is 2. The summed E-state index contributed by atoms with van der Waals surface area (Å²) in [5.74, 6) is -2.25. The average molecular weight is 471 g/mol. The van der Waals surface area contributed by atoms with Crippen LogP contribution in [0.4, 0.5) is 18.9 Å². The largest absolute Gasteiger partial charge is 0.416 e. The first kappa shape index (κ1) is 20.9. The van der Waals surface area contributed by atoms with Crippen LogP contribution in [-0.2, 0) is 24.1 Å². The predicted molar refractivity (Wildman–Crippen MR) is 111 cm³/mol. The maximum absolute atomic E-state index is 13.0. The van der Waals surface area contributed by atoms with Gasteiger partial charge in [0.25, 0.3) is 11.7 Å². The van der Waals surface area contributed by atoms with Gasteiger partial charge in [-0.15, -0.1) is 16.4 Å². The predicted octanol–water partition coefficient (Wildman–Crippen LogP) is 3.52. The van der Waals surface area contributed by atoms with Crippen LogP contribution in [-0.4, -0.2) is 37.5 Å². The molecule has 3 heterocycles. The molecule has 12 heteroatoms. The van der Waals surface area contributed by atoms with Crippen LogP contribution in [0.15, 0.2) is 48.7 Å². The summed E-state index contributed by atoms with van der Waals surface area (Å²) in [6.45, 7) is -0.316. The number of hydrogen-bond acceptors (Lipinski definition) is 7. The van der Waals surface area contributed by atoms with Crippen LogP contribution >= 0.6 is 11.3 Å². The molecule has 1 aliphatic heterocycles. The van der Waals surface area contributed by atoms with Crippen molar-refractivity contribution in [2.45, 2.75) is 19.3 Å². The minimum absolute atomic E-state index is 0.0677. The first-order chi connectivity index (χ1) is 15.7. The van der Waals surface area contributed by atoms with Crippen molar-refractivity contribution in [1.29, 1.82) is 0 Å². The zero-order valence-corrected chi connectivity index (χ0v) is 17.4. The molecule has 5 rings (SSSR count). The van der Waals surface area contributed by atoms with Gasteiger partial charge < -0.3 is 0 Å². The molecule has 2 aromatic carbocycles. The summed E-state index contributed by atoms with van der Waals surface area (Å²) in [5, 5.41) is 8.11. The van der Waals surface area contributed by atoms with Crippen LogP contribution in [0.1, 0.15) is 31.4 Å². The molecule has 2 aromatic heterocycles. The monoisotopic (exact) mass is 471 g/mol. The number of aromatic nitrogens is 4. The van der Waals surface area contributed by atoms with Gasteiger partial charge in [0, 0.05) is 0 Å². The van der Waals surface area contributed by atoms with Crippen LogP contribution in [0.5, 0.6) is 0 Å². The van der Waals surface area contributed by atoms with Gasteiger partial charge in [0.15, 0.2) is 5.01 Å². The maximum Gasteiger partial charge on any atom is 0.416 e. The van der Waals surface area contributed by atoms with Crippen LogP contribution in [0.3, 0.4) is 0 Å². The van der Waals surface area contributed by atoms with Gasteiger partial charge in [-0.3, -0.25) is 19.3 Å². The first-order valence-electron chi connectivity index (χ1n) is 9.56. The number of rotatable bonds is 5. The van der Waals surface area contributed by atoms with Gasteiger partial charge in [-0.1, -0.05) is 17.3 Å². The van der Waals surface area contributed by atoms with E-state index in [0.717, 1.165) is 27.2 Å². The number of fused-ring (bicyclic) bond motifs is 2. The first-order valence-corrected chi connectivity index (χ1v) is 10.4. The Bertz CT molecular complexity index is 1410. The number of carbonyl (C=O) groups is 3. The molecule has 0 aliphatic carbocycles. The van der Waals surface area contributed by atoms with E-state index in [4.69, 9.17) is 0 Å². The standard InChI is InChI=1S/C21H12F3N5O3S/c22-21(23,24)11-5-6-15-13(7-11)18(31)20(32)29(15)9-12-8-28(27-26-12)10-16(30)19-25-14-3-1-2-4-17(14)33-19/h1-8H,9-10H2. The molecule has 0 saturated carbocycles. The highest BCUT2D eigenvalue weighted by Gasteiger charge is 2.39. The fourth-order valence-electron chi connectivity index (χ4n) is 3.49. The van der Waals surface area contributed by atoms with Crippen LogP contribution < -0.4 is 4.90 Å². The Morgan fingerprint density at radius 2 is 1.88 bits per heavy atom. The summed E-state index contributed by atoms with van der Waals surface area (Å²) >= 11 is 1.26. The number of amides is 1. The van der Waals surface area contributed by atoms with Crippen molar-refractivity contribution < 1.29 is 27.6 Å². The molecule has 1 aliphatic rings. The second-order valence-electron chi connectivity index (χ2n) is 7.27. The average Bonchev–Trinajstić information content (AvgIpc) is 3.47. The highest BCUT2D eigenvalue weighted by molar-refractivity contribution is 7.20. The molecule has 0 atom stereocenters. The van der Waals surface area contributed by atoms with E-state index in [1.165, 1.54) is 22.2 Å². The second-order valence-corrected chi connectivity index (χ2v) is 8.30.